The molecule has 0 radical (unpaired) electrons. The molecule has 4 aliphatic heterocycles. The Kier molecular flexibility index (Phi) is 12.1. The molecule has 1 saturated carbocycles. The fraction of sp³-hybridized carbons (Fsp3) is 0.451. The zero-order valence-corrected chi connectivity index (χ0v) is 41.8. The number of ether oxygens (including phenoxy) is 1. The molecule has 0 bridgehead atoms. The number of likely N-dealkylation sites (tertiary alicyclic amines) is 1. The number of halogens is 2. The van der Waals surface area contributed by atoms with E-state index in [0.717, 1.165) is 101 Å². The lowest BCUT2D eigenvalue weighted by Crippen LogP contribution is -2.54. The highest BCUT2D eigenvalue weighted by molar-refractivity contribution is 9.10. The van der Waals surface area contributed by atoms with Crippen LogP contribution in [0.3, 0.4) is 0 Å². The fourth-order valence-corrected chi connectivity index (χ4v) is 13.0. The van der Waals surface area contributed by atoms with Crippen molar-refractivity contribution in [3.63, 3.8) is 0 Å². The smallest absolute Gasteiger partial charge is 0.249 e. The summed E-state index contributed by atoms with van der Waals surface area (Å²) >= 11 is 3.58. The minimum atomic E-state index is -2.92. The first kappa shape index (κ1) is 46.3. The van der Waals surface area contributed by atoms with Crippen LogP contribution in [0.1, 0.15) is 80.7 Å². The number of anilines is 6. The van der Waals surface area contributed by atoms with E-state index >= 15 is 0 Å². The normalized spacial score (nSPS) is 20.0. The van der Waals surface area contributed by atoms with E-state index < -0.39 is 24.4 Å². The lowest BCUT2D eigenvalue weighted by molar-refractivity contribution is -0.135. The molecular weight excluding hydrogens is 948 g/mol. The van der Waals surface area contributed by atoms with Crippen LogP contribution in [0.15, 0.2) is 59.2 Å². The van der Waals surface area contributed by atoms with Crippen molar-refractivity contribution >= 4 is 91.5 Å². The Hall–Kier alpha value is -5.44. The van der Waals surface area contributed by atoms with Gasteiger partial charge in [-0.05, 0) is 159 Å². The van der Waals surface area contributed by atoms with Gasteiger partial charge in [0.05, 0.1) is 39.6 Å². The molecule has 3 N–H and O–H groups in total. The second-order valence-corrected chi connectivity index (χ2v) is 23.7. The predicted molar refractivity (Wildman–Crippen MR) is 268 cm³/mol. The molecule has 5 aromatic rings. The summed E-state index contributed by atoms with van der Waals surface area (Å²) in [6, 6.07) is 14.8. The molecule has 6 heterocycles. The topological polar surface area (TPSA) is 162 Å². The van der Waals surface area contributed by atoms with Crippen molar-refractivity contribution in [3.05, 3.63) is 87.4 Å². The number of fused-ring (bicyclic) bond motifs is 3. The number of methoxy groups -OCH3 is 1. The zero-order chi connectivity index (χ0) is 47.7. The third-order valence-electron chi connectivity index (χ3n) is 15.2. The summed E-state index contributed by atoms with van der Waals surface area (Å²) < 4.78 is 35.0. The van der Waals surface area contributed by atoms with Gasteiger partial charge in [-0.25, -0.2) is 9.37 Å². The molecule has 14 nitrogen and oxygen atoms in total. The number of aryl methyl sites for hydroxylation is 2. The molecule has 68 heavy (non-hydrogen) atoms. The van der Waals surface area contributed by atoms with Crippen LogP contribution in [-0.2, 0) is 37.2 Å². The van der Waals surface area contributed by atoms with Crippen LogP contribution in [0.2, 0.25) is 0 Å². The maximum absolute atomic E-state index is 14.8. The van der Waals surface area contributed by atoms with Crippen molar-refractivity contribution in [2.24, 2.45) is 5.41 Å². The van der Waals surface area contributed by atoms with Crippen molar-refractivity contribution in [1.82, 2.24) is 25.2 Å². The van der Waals surface area contributed by atoms with Crippen molar-refractivity contribution in [3.8, 4) is 5.75 Å². The van der Waals surface area contributed by atoms with Gasteiger partial charge in [0.1, 0.15) is 30.6 Å². The van der Waals surface area contributed by atoms with Crippen LogP contribution >= 0.6 is 23.1 Å². The van der Waals surface area contributed by atoms with Gasteiger partial charge in [0.25, 0.3) is 0 Å². The van der Waals surface area contributed by atoms with E-state index in [-0.39, 0.29) is 29.8 Å². The minimum Gasteiger partial charge on any atom is -0.494 e. The fourth-order valence-electron chi connectivity index (χ4n) is 11.3. The number of carbonyl (C=O) groups excluding carboxylic acids is 3. The highest BCUT2D eigenvalue weighted by atomic mass is 79.9. The number of carbonyl (C=O) groups is 3. The number of aromatic nitrogens is 3. The van der Waals surface area contributed by atoms with Gasteiger partial charge in [-0.2, -0.15) is 4.98 Å². The predicted octanol–water partition coefficient (Wildman–Crippen LogP) is 8.65. The summed E-state index contributed by atoms with van der Waals surface area (Å²) in [5.41, 5.74) is 7.46. The van der Waals surface area contributed by atoms with Crippen LogP contribution in [0, 0.1) is 18.2 Å². The van der Waals surface area contributed by atoms with Crippen LogP contribution in [0.5, 0.6) is 5.75 Å². The highest BCUT2D eigenvalue weighted by Gasteiger charge is 2.62. The van der Waals surface area contributed by atoms with E-state index in [9.17, 15) is 23.3 Å². The Bertz CT molecular complexity index is 2920. The number of imide groups is 1. The second-order valence-electron chi connectivity index (χ2n) is 19.7. The van der Waals surface area contributed by atoms with Gasteiger partial charge in [0.2, 0.25) is 23.7 Å². The average Bonchev–Trinajstić information content (AvgIpc) is 4.08. The summed E-state index contributed by atoms with van der Waals surface area (Å²) in [7, 11) is -1.25. The molecule has 2 spiro atoms. The monoisotopic (exact) mass is 1010 g/mol. The van der Waals surface area contributed by atoms with Gasteiger partial charge < -0.3 is 29.7 Å². The van der Waals surface area contributed by atoms with Gasteiger partial charge in [0.15, 0.2) is 0 Å². The molecule has 4 fully saturated rings. The molecule has 5 aliphatic rings. The Labute approximate surface area is 404 Å². The maximum atomic E-state index is 14.8. The molecule has 1 unspecified atom stereocenters. The van der Waals surface area contributed by atoms with Gasteiger partial charge in [-0.3, -0.25) is 29.6 Å². The van der Waals surface area contributed by atoms with Crippen LogP contribution in [-0.4, -0.2) is 96.8 Å². The maximum Gasteiger partial charge on any atom is 0.249 e. The number of hydrogen-bond acceptors (Lipinski definition) is 12. The van der Waals surface area contributed by atoms with E-state index in [1.165, 1.54) is 22.9 Å². The van der Waals surface area contributed by atoms with E-state index in [4.69, 9.17) is 9.72 Å². The SMILES string of the molecule is CCc1cc(Nc2ncc(Br)c(Nc3ccc4nc(C)c(F)cc4c3P(C)(C)=O)n2)c(OC)cc1N1CCC2(CCN(CCc3cccc4c3C3(CC3)C(=O)N4C3CCC(=O)NC3=O)CC2)CC1. The molecule has 3 saturated heterocycles. The Balaban J connectivity index is 0.785. The molecule has 1 atom stereocenters. The van der Waals surface area contributed by atoms with Crippen LogP contribution in [0.4, 0.5) is 38.9 Å². The van der Waals surface area contributed by atoms with Crippen molar-refractivity contribution < 1.29 is 28.1 Å². The molecule has 10 rings (SSSR count). The quantitative estimate of drug-likeness (QED) is 0.0808. The van der Waals surface area contributed by atoms with Gasteiger partial charge in [-0.1, -0.05) is 19.1 Å². The van der Waals surface area contributed by atoms with E-state index in [1.807, 2.05) is 12.1 Å². The summed E-state index contributed by atoms with van der Waals surface area (Å²) in [5.74, 6) is 0.374. The van der Waals surface area contributed by atoms with Crippen molar-refractivity contribution in [2.45, 2.75) is 89.5 Å². The average molecular weight is 1010 g/mol. The third kappa shape index (κ3) is 8.44. The minimum absolute atomic E-state index is 0.0196. The Morgan fingerprint density at radius 1 is 0.926 bits per heavy atom. The largest absolute Gasteiger partial charge is 0.494 e. The molecule has 3 aromatic carbocycles. The lowest BCUT2D eigenvalue weighted by atomic mass is 9.71. The van der Waals surface area contributed by atoms with Crippen molar-refractivity contribution in [1.29, 1.82) is 0 Å². The number of hydrogen-bond donors (Lipinski definition) is 3. The van der Waals surface area contributed by atoms with E-state index in [1.54, 1.807) is 50.6 Å². The third-order valence-corrected chi connectivity index (χ3v) is 17.3. The van der Waals surface area contributed by atoms with Gasteiger partial charge >= 0.3 is 0 Å². The van der Waals surface area contributed by atoms with Gasteiger partial charge in [0, 0.05) is 60.4 Å². The zero-order valence-electron chi connectivity index (χ0n) is 39.3. The number of amides is 3. The first-order valence-electron chi connectivity index (χ1n) is 23.8. The summed E-state index contributed by atoms with van der Waals surface area (Å²) in [6.45, 7) is 12.0. The number of nitrogens with zero attached hydrogens (tertiary/aromatic N) is 6. The number of piperidine rings is 3. The lowest BCUT2D eigenvalue weighted by Gasteiger charge is -2.47. The molecule has 2 aromatic heterocycles. The van der Waals surface area contributed by atoms with Crippen molar-refractivity contribution in [2.75, 3.05) is 73.6 Å². The Morgan fingerprint density at radius 3 is 2.37 bits per heavy atom. The Morgan fingerprint density at radius 2 is 1.68 bits per heavy atom. The molecule has 356 valence electrons. The first-order valence-corrected chi connectivity index (χ1v) is 27.2. The van der Waals surface area contributed by atoms with Gasteiger partial charge in [-0.15, -0.1) is 0 Å². The molecular formula is C51H58BrFN9O5P. The second kappa shape index (κ2) is 17.8. The standard InChI is InChI=1S/C51H58BrFN9O5P/c1-6-31-26-38(57-49-54-29-34(52)46(59-49)56-37-11-10-36-33(45(37)68(4,5)66)27-35(53)30(2)55-36)42(67-3)28-41(31)61-24-19-50(20-25-61)17-22-60(23-18-50)21-14-32-8-7-9-39-44(32)51(15-16-51)48(65)62(39)40-12-13-43(63)58-47(40)64/h7-11,26-29,40H,6,12-25H2,1-5H3,(H,58,63,64)(H2,54,56,57,59). The summed E-state index contributed by atoms with van der Waals surface area (Å²) in [6.07, 6.45) is 10.1. The summed E-state index contributed by atoms with van der Waals surface area (Å²) in [4.78, 5) is 59.3. The van der Waals surface area contributed by atoms with Crippen LogP contribution in [0.25, 0.3) is 10.9 Å². The summed E-state index contributed by atoms with van der Waals surface area (Å²) in [5, 5.41) is 10.2. The highest BCUT2D eigenvalue weighted by Crippen LogP contribution is 2.59. The number of rotatable bonds is 12. The van der Waals surface area contributed by atoms with E-state index in [0.29, 0.717) is 55.7 Å². The van der Waals surface area contributed by atoms with Crippen LogP contribution < -0.4 is 35.8 Å². The molecule has 1 aliphatic carbocycles. The number of pyridine rings is 1. The van der Waals surface area contributed by atoms with E-state index in [2.05, 4.69) is 76.8 Å². The first-order chi connectivity index (χ1) is 32.6. The number of nitrogens with one attached hydrogen (secondary N) is 3. The molecule has 3 amide bonds. The molecule has 17 heteroatoms. The number of benzene rings is 3.